The third-order valence-electron chi connectivity index (χ3n) is 5.00. The number of hydrogen-bond acceptors (Lipinski definition) is 7. The summed E-state index contributed by atoms with van der Waals surface area (Å²) in [6.07, 6.45) is 7.49. The summed E-state index contributed by atoms with van der Waals surface area (Å²) in [7, 11) is 1.87. The van der Waals surface area contributed by atoms with Crippen molar-refractivity contribution < 1.29 is 9.53 Å². The van der Waals surface area contributed by atoms with Crippen LogP contribution in [0.1, 0.15) is 44.7 Å². The molecule has 3 N–H and O–H groups in total. The van der Waals surface area contributed by atoms with Crippen LogP contribution in [0.3, 0.4) is 0 Å². The number of aromatic amines is 1. The third-order valence-corrected chi connectivity index (χ3v) is 5.00. The highest BCUT2D eigenvalue weighted by Crippen LogP contribution is 2.36. The van der Waals surface area contributed by atoms with Gasteiger partial charge in [-0.1, -0.05) is 0 Å². The topological polar surface area (TPSA) is 123 Å². The lowest BCUT2D eigenvalue weighted by Crippen LogP contribution is -2.33. The van der Waals surface area contributed by atoms with E-state index in [1.807, 2.05) is 39.2 Å². The normalized spacial score (nSPS) is 18.5. The molecule has 158 valence electrons. The maximum atomic E-state index is 11.8. The summed E-state index contributed by atoms with van der Waals surface area (Å²) in [5.74, 6) is 1.38. The highest BCUT2D eigenvalue weighted by Gasteiger charge is 2.30. The number of rotatable bonds is 6. The van der Waals surface area contributed by atoms with Gasteiger partial charge in [-0.25, -0.2) is 14.8 Å². The number of ether oxygens (including phenoxy) is 1. The summed E-state index contributed by atoms with van der Waals surface area (Å²) < 4.78 is 7.24. The van der Waals surface area contributed by atoms with Gasteiger partial charge in [-0.2, -0.15) is 10.2 Å². The number of alkyl carbamates (subject to hydrolysis) is 1. The molecule has 3 aromatic rings. The van der Waals surface area contributed by atoms with Crippen LogP contribution in [-0.4, -0.2) is 48.2 Å². The SMILES string of the molecule is CC(C)NC(=O)OC1CCC(c2cc(Nc3nccc(-c4cnn(C)c4)n3)n[nH]2)C1. The predicted octanol–water partition coefficient (Wildman–Crippen LogP) is 3.11. The van der Waals surface area contributed by atoms with Gasteiger partial charge < -0.3 is 15.4 Å². The number of nitrogens with zero attached hydrogens (tertiary/aromatic N) is 5. The molecule has 3 heterocycles. The highest BCUT2D eigenvalue weighted by molar-refractivity contribution is 5.67. The van der Waals surface area contributed by atoms with Crippen molar-refractivity contribution >= 4 is 17.9 Å². The standard InChI is InChI=1S/C20H26N8O2/c1-12(2)23-20(29)30-15-5-4-13(8-15)17-9-18(27-26-17)25-19-21-7-6-16(24-19)14-10-22-28(3)11-14/h6-7,9-13,15H,4-5,8H2,1-3H3,(H,23,29)(H2,21,24,25,26,27). The molecule has 0 saturated heterocycles. The number of carbonyl (C=O) groups is 1. The van der Waals surface area contributed by atoms with Crippen molar-refractivity contribution in [2.24, 2.45) is 7.05 Å². The minimum absolute atomic E-state index is 0.0646. The van der Waals surface area contributed by atoms with Crippen molar-refractivity contribution in [1.29, 1.82) is 0 Å². The fourth-order valence-corrected chi connectivity index (χ4v) is 3.61. The molecule has 0 aliphatic heterocycles. The van der Waals surface area contributed by atoms with Gasteiger partial charge in [0.1, 0.15) is 6.10 Å². The fourth-order valence-electron chi connectivity index (χ4n) is 3.61. The zero-order chi connectivity index (χ0) is 21.1. The first kappa shape index (κ1) is 19.9. The van der Waals surface area contributed by atoms with E-state index in [1.165, 1.54) is 0 Å². The molecule has 2 atom stereocenters. The van der Waals surface area contributed by atoms with Crippen LogP contribution in [0.2, 0.25) is 0 Å². The molecule has 0 bridgehead atoms. The van der Waals surface area contributed by atoms with E-state index in [0.29, 0.717) is 11.8 Å². The molecule has 1 aliphatic carbocycles. The van der Waals surface area contributed by atoms with E-state index >= 15 is 0 Å². The lowest BCUT2D eigenvalue weighted by molar-refractivity contribution is 0.0981. The molecule has 0 radical (unpaired) electrons. The van der Waals surface area contributed by atoms with Gasteiger partial charge in [-0.15, -0.1) is 0 Å². The summed E-state index contributed by atoms with van der Waals surface area (Å²) >= 11 is 0. The summed E-state index contributed by atoms with van der Waals surface area (Å²) in [5.41, 5.74) is 2.72. The number of amides is 1. The molecule has 10 nitrogen and oxygen atoms in total. The largest absolute Gasteiger partial charge is 0.446 e. The minimum Gasteiger partial charge on any atom is -0.446 e. The van der Waals surface area contributed by atoms with Gasteiger partial charge in [0.05, 0.1) is 11.9 Å². The quantitative estimate of drug-likeness (QED) is 0.570. The molecule has 10 heteroatoms. The Morgan fingerprint density at radius 3 is 3.00 bits per heavy atom. The maximum Gasteiger partial charge on any atom is 0.407 e. The molecule has 2 unspecified atom stereocenters. The average molecular weight is 410 g/mol. The van der Waals surface area contributed by atoms with Gasteiger partial charge >= 0.3 is 6.09 Å². The molecule has 1 aliphatic rings. The Bertz CT molecular complexity index is 1010. The predicted molar refractivity (Wildman–Crippen MR) is 111 cm³/mol. The van der Waals surface area contributed by atoms with Crippen molar-refractivity contribution in [1.82, 2.24) is 35.3 Å². The van der Waals surface area contributed by atoms with Crippen molar-refractivity contribution in [3.8, 4) is 11.3 Å². The second-order valence-electron chi connectivity index (χ2n) is 7.84. The number of H-pyrrole nitrogens is 1. The van der Waals surface area contributed by atoms with E-state index in [-0.39, 0.29) is 24.2 Å². The second-order valence-corrected chi connectivity index (χ2v) is 7.84. The van der Waals surface area contributed by atoms with E-state index in [2.05, 4.69) is 35.9 Å². The van der Waals surface area contributed by atoms with Crippen molar-refractivity contribution in [2.45, 2.75) is 51.2 Å². The molecular weight excluding hydrogens is 384 g/mol. The number of carbonyl (C=O) groups excluding carboxylic acids is 1. The van der Waals surface area contributed by atoms with Crippen LogP contribution in [0.25, 0.3) is 11.3 Å². The van der Waals surface area contributed by atoms with Gasteiger partial charge in [-0.05, 0) is 39.2 Å². The van der Waals surface area contributed by atoms with Gasteiger partial charge in [0.2, 0.25) is 5.95 Å². The smallest absolute Gasteiger partial charge is 0.407 e. The highest BCUT2D eigenvalue weighted by atomic mass is 16.6. The van der Waals surface area contributed by atoms with E-state index in [0.717, 1.165) is 36.2 Å². The van der Waals surface area contributed by atoms with Crippen LogP contribution in [-0.2, 0) is 11.8 Å². The molecule has 0 aromatic carbocycles. The minimum atomic E-state index is -0.353. The van der Waals surface area contributed by atoms with Crippen LogP contribution in [0, 0.1) is 0 Å². The Morgan fingerprint density at radius 2 is 2.23 bits per heavy atom. The van der Waals surface area contributed by atoms with Crippen molar-refractivity contribution in [3.63, 3.8) is 0 Å². The molecule has 0 spiro atoms. The van der Waals surface area contributed by atoms with Gasteiger partial charge in [0.25, 0.3) is 0 Å². The maximum absolute atomic E-state index is 11.8. The van der Waals surface area contributed by atoms with E-state index in [1.54, 1.807) is 17.1 Å². The van der Waals surface area contributed by atoms with E-state index < -0.39 is 0 Å². The first-order valence-electron chi connectivity index (χ1n) is 10.1. The number of hydrogen-bond donors (Lipinski definition) is 3. The number of aryl methyl sites for hydroxylation is 1. The molecule has 4 rings (SSSR count). The molecule has 1 saturated carbocycles. The monoisotopic (exact) mass is 410 g/mol. The number of aromatic nitrogens is 6. The lowest BCUT2D eigenvalue weighted by Gasteiger charge is -2.14. The van der Waals surface area contributed by atoms with Crippen molar-refractivity contribution in [3.05, 3.63) is 36.4 Å². The Kier molecular flexibility index (Phi) is 5.64. The Balaban J connectivity index is 1.36. The second kappa shape index (κ2) is 8.52. The van der Waals surface area contributed by atoms with Crippen LogP contribution in [0.15, 0.2) is 30.7 Å². The van der Waals surface area contributed by atoms with E-state index in [4.69, 9.17) is 4.74 Å². The van der Waals surface area contributed by atoms with E-state index in [9.17, 15) is 4.79 Å². The molecule has 30 heavy (non-hydrogen) atoms. The van der Waals surface area contributed by atoms with Gasteiger partial charge in [0, 0.05) is 48.7 Å². The average Bonchev–Trinajstić information content (AvgIpc) is 3.42. The molecule has 1 amide bonds. The van der Waals surface area contributed by atoms with Crippen LogP contribution in [0.4, 0.5) is 16.6 Å². The molecular formula is C20H26N8O2. The van der Waals surface area contributed by atoms with Crippen LogP contribution in [0.5, 0.6) is 0 Å². The lowest BCUT2D eigenvalue weighted by atomic mass is 10.0. The first-order chi connectivity index (χ1) is 14.5. The first-order valence-corrected chi connectivity index (χ1v) is 10.1. The molecule has 1 fully saturated rings. The number of nitrogens with one attached hydrogen (secondary N) is 3. The van der Waals surface area contributed by atoms with Gasteiger partial charge in [0.15, 0.2) is 5.82 Å². The Hall–Kier alpha value is -3.43. The molecule has 3 aromatic heterocycles. The zero-order valence-corrected chi connectivity index (χ0v) is 17.3. The van der Waals surface area contributed by atoms with Crippen LogP contribution < -0.4 is 10.6 Å². The third kappa shape index (κ3) is 4.76. The number of anilines is 2. The van der Waals surface area contributed by atoms with Crippen molar-refractivity contribution in [2.75, 3.05) is 5.32 Å². The summed E-state index contributed by atoms with van der Waals surface area (Å²) in [4.78, 5) is 20.6. The summed E-state index contributed by atoms with van der Waals surface area (Å²) in [6, 6.07) is 3.86. The Morgan fingerprint density at radius 1 is 1.37 bits per heavy atom. The van der Waals surface area contributed by atoms with Gasteiger partial charge in [-0.3, -0.25) is 9.78 Å². The van der Waals surface area contributed by atoms with Crippen LogP contribution >= 0.6 is 0 Å². The summed E-state index contributed by atoms with van der Waals surface area (Å²) in [5, 5.41) is 17.5. The zero-order valence-electron chi connectivity index (χ0n) is 17.3. The fraction of sp³-hybridized carbons (Fsp3) is 0.450. The summed E-state index contributed by atoms with van der Waals surface area (Å²) in [6.45, 7) is 3.82. The Labute approximate surface area is 174 Å².